The second-order valence-electron chi connectivity index (χ2n) is 5.33. The maximum absolute atomic E-state index is 11.5. The van der Waals surface area contributed by atoms with E-state index in [4.69, 9.17) is 8.92 Å². The van der Waals surface area contributed by atoms with Crippen molar-refractivity contribution in [3.05, 3.63) is 29.8 Å². The molecule has 0 N–H and O–H groups in total. The van der Waals surface area contributed by atoms with Crippen LogP contribution in [0.15, 0.2) is 24.3 Å². The Morgan fingerprint density at radius 2 is 1.80 bits per heavy atom. The van der Waals surface area contributed by atoms with Gasteiger partial charge in [-0.05, 0) is 24.5 Å². The van der Waals surface area contributed by atoms with Gasteiger partial charge in [0, 0.05) is 5.92 Å². The average Bonchev–Trinajstić information content (AvgIpc) is 2.62. The molecule has 0 aromatic heterocycles. The van der Waals surface area contributed by atoms with Crippen LogP contribution in [0.4, 0.5) is 0 Å². The van der Waals surface area contributed by atoms with Crippen molar-refractivity contribution in [2.75, 3.05) is 13.4 Å². The number of para-hydroxylation sites is 1. The molecule has 20 heavy (non-hydrogen) atoms. The van der Waals surface area contributed by atoms with Crippen LogP contribution in [0, 0.1) is 0 Å². The molecule has 0 amide bonds. The summed E-state index contributed by atoms with van der Waals surface area (Å²) in [7, 11) is -1.80. The topological polar surface area (TPSA) is 52.6 Å². The first-order valence-electron chi connectivity index (χ1n) is 7.02. The number of benzene rings is 1. The molecule has 0 radical (unpaired) electrons. The number of methoxy groups -OCH3 is 1. The molecule has 2 rings (SSSR count). The lowest BCUT2D eigenvalue weighted by Crippen LogP contribution is -2.24. The third-order valence-electron chi connectivity index (χ3n) is 3.79. The van der Waals surface area contributed by atoms with Gasteiger partial charge in [-0.25, -0.2) is 0 Å². The Bertz CT molecular complexity index is 539. The van der Waals surface area contributed by atoms with E-state index >= 15 is 0 Å². The summed E-state index contributed by atoms with van der Waals surface area (Å²) in [6.07, 6.45) is 5.75. The Labute approximate surface area is 121 Å². The van der Waals surface area contributed by atoms with Crippen LogP contribution in [0.1, 0.15) is 43.6 Å². The molecule has 1 aromatic carbocycles. The minimum absolute atomic E-state index is 0.0726. The molecule has 1 aliphatic rings. The molecule has 2 unspecified atom stereocenters. The van der Waals surface area contributed by atoms with Gasteiger partial charge in [-0.3, -0.25) is 4.18 Å². The molecule has 2 atom stereocenters. The third-order valence-corrected chi connectivity index (χ3v) is 4.39. The van der Waals surface area contributed by atoms with Crippen molar-refractivity contribution in [2.45, 2.75) is 44.1 Å². The molecule has 0 bridgehead atoms. The molecule has 0 heterocycles. The molecule has 0 saturated heterocycles. The van der Waals surface area contributed by atoms with Crippen LogP contribution in [0.2, 0.25) is 0 Å². The highest BCUT2D eigenvalue weighted by Crippen LogP contribution is 2.38. The van der Waals surface area contributed by atoms with Gasteiger partial charge in [0.2, 0.25) is 0 Å². The predicted octanol–water partition coefficient (Wildman–Crippen LogP) is 3.09. The van der Waals surface area contributed by atoms with E-state index in [1.165, 1.54) is 0 Å². The van der Waals surface area contributed by atoms with Crippen molar-refractivity contribution in [3.63, 3.8) is 0 Å². The molecule has 0 aliphatic heterocycles. The minimum Gasteiger partial charge on any atom is -0.496 e. The number of hydrogen-bond donors (Lipinski definition) is 0. The summed E-state index contributed by atoms with van der Waals surface area (Å²) in [6, 6.07) is 7.80. The maximum atomic E-state index is 11.5. The fourth-order valence-corrected chi connectivity index (χ4v) is 3.62. The molecule has 1 saturated carbocycles. The van der Waals surface area contributed by atoms with Crippen molar-refractivity contribution in [1.29, 1.82) is 0 Å². The van der Waals surface area contributed by atoms with Crippen LogP contribution in [-0.4, -0.2) is 27.9 Å². The van der Waals surface area contributed by atoms with Gasteiger partial charge in [-0.15, -0.1) is 0 Å². The second-order valence-corrected chi connectivity index (χ2v) is 6.93. The number of rotatable bonds is 4. The van der Waals surface area contributed by atoms with Crippen LogP contribution < -0.4 is 4.74 Å². The Morgan fingerprint density at radius 1 is 1.10 bits per heavy atom. The predicted molar refractivity (Wildman–Crippen MR) is 78.5 cm³/mol. The lowest BCUT2D eigenvalue weighted by Gasteiger charge is -2.26. The van der Waals surface area contributed by atoms with Gasteiger partial charge in [0.05, 0.1) is 19.5 Å². The van der Waals surface area contributed by atoms with E-state index in [1.54, 1.807) is 7.11 Å². The maximum Gasteiger partial charge on any atom is 0.264 e. The summed E-state index contributed by atoms with van der Waals surface area (Å²) in [4.78, 5) is 0. The zero-order valence-electron chi connectivity index (χ0n) is 12.0. The average molecular weight is 298 g/mol. The molecule has 1 fully saturated rings. The van der Waals surface area contributed by atoms with E-state index in [0.717, 1.165) is 49.7 Å². The third kappa shape index (κ3) is 3.96. The highest BCUT2D eigenvalue weighted by atomic mass is 32.2. The first kappa shape index (κ1) is 15.3. The smallest absolute Gasteiger partial charge is 0.264 e. The highest BCUT2D eigenvalue weighted by molar-refractivity contribution is 7.86. The van der Waals surface area contributed by atoms with Crippen molar-refractivity contribution in [1.82, 2.24) is 0 Å². The number of ether oxygens (including phenoxy) is 1. The van der Waals surface area contributed by atoms with Crippen LogP contribution in [0.25, 0.3) is 0 Å². The second kappa shape index (κ2) is 6.59. The SMILES string of the molecule is COc1ccccc1C1CCCCCC1OS(C)(=O)=O. The number of hydrogen-bond acceptors (Lipinski definition) is 4. The Balaban J connectivity index is 2.32. The van der Waals surface area contributed by atoms with Gasteiger partial charge in [0.15, 0.2) is 0 Å². The summed E-state index contributed by atoms with van der Waals surface area (Å²) < 4.78 is 33.7. The largest absolute Gasteiger partial charge is 0.496 e. The minimum atomic E-state index is -3.44. The van der Waals surface area contributed by atoms with Gasteiger partial charge >= 0.3 is 0 Å². The molecule has 4 nitrogen and oxygen atoms in total. The van der Waals surface area contributed by atoms with Gasteiger partial charge < -0.3 is 4.74 Å². The molecule has 5 heteroatoms. The van der Waals surface area contributed by atoms with Gasteiger partial charge in [-0.1, -0.05) is 37.5 Å². The van der Waals surface area contributed by atoms with E-state index < -0.39 is 10.1 Å². The fourth-order valence-electron chi connectivity index (χ4n) is 2.94. The summed E-state index contributed by atoms with van der Waals surface area (Å²) in [5.74, 6) is 0.880. The summed E-state index contributed by atoms with van der Waals surface area (Å²) in [6.45, 7) is 0. The summed E-state index contributed by atoms with van der Waals surface area (Å²) >= 11 is 0. The quantitative estimate of drug-likeness (QED) is 0.633. The zero-order chi connectivity index (χ0) is 14.6. The van der Waals surface area contributed by atoms with E-state index in [9.17, 15) is 8.42 Å². The van der Waals surface area contributed by atoms with Gasteiger partial charge in [0.25, 0.3) is 10.1 Å². The molecule has 0 spiro atoms. The lowest BCUT2D eigenvalue weighted by molar-refractivity contribution is 0.168. The molecule has 1 aromatic rings. The first-order chi connectivity index (χ1) is 9.51. The van der Waals surface area contributed by atoms with E-state index in [0.29, 0.717) is 0 Å². The van der Waals surface area contributed by atoms with Gasteiger partial charge in [0.1, 0.15) is 5.75 Å². The van der Waals surface area contributed by atoms with Crippen LogP contribution in [-0.2, 0) is 14.3 Å². The molecule has 112 valence electrons. The van der Waals surface area contributed by atoms with Crippen LogP contribution in [0.3, 0.4) is 0 Å². The summed E-state index contributed by atoms with van der Waals surface area (Å²) in [5, 5.41) is 0. The Hall–Kier alpha value is -1.07. The van der Waals surface area contributed by atoms with Crippen molar-refractivity contribution in [2.24, 2.45) is 0 Å². The van der Waals surface area contributed by atoms with E-state index in [1.807, 2.05) is 24.3 Å². The normalized spacial score (nSPS) is 24.1. The molecular formula is C15H22O4S. The van der Waals surface area contributed by atoms with Crippen LogP contribution in [0.5, 0.6) is 5.75 Å². The Kier molecular flexibility index (Phi) is 5.05. The van der Waals surface area contributed by atoms with Crippen molar-refractivity contribution < 1.29 is 17.3 Å². The monoisotopic (exact) mass is 298 g/mol. The zero-order valence-corrected chi connectivity index (χ0v) is 12.9. The standard InChI is InChI=1S/C15H22O4S/c1-18-14-10-7-6-9-12(14)13-8-4-3-5-11-15(13)19-20(2,16)17/h6-7,9-10,13,15H,3-5,8,11H2,1-2H3. The molecular weight excluding hydrogens is 276 g/mol. The highest BCUT2D eigenvalue weighted by Gasteiger charge is 2.30. The Morgan fingerprint density at radius 3 is 2.50 bits per heavy atom. The summed E-state index contributed by atoms with van der Waals surface area (Å²) in [5.41, 5.74) is 1.05. The van der Waals surface area contributed by atoms with Gasteiger partial charge in [-0.2, -0.15) is 8.42 Å². The van der Waals surface area contributed by atoms with Crippen molar-refractivity contribution >= 4 is 10.1 Å². The van der Waals surface area contributed by atoms with E-state index in [2.05, 4.69) is 0 Å². The lowest BCUT2D eigenvalue weighted by atomic mass is 9.89. The van der Waals surface area contributed by atoms with E-state index in [-0.39, 0.29) is 12.0 Å². The fraction of sp³-hybridized carbons (Fsp3) is 0.600. The van der Waals surface area contributed by atoms with Crippen molar-refractivity contribution in [3.8, 4) is 5.75 Å². The first-order valence-corrected chi connectivity index (χ1v) is 8.84. The molecule has 1 aliphatic carbocycles. The van der Waals surface area contributed by atoms with Crippen LogP contribution >= 0.6 is 0 Å².